The van der Waals surface area contributed by atoms with Crippen molar-refractivity contribution in [1.82, 2.24) is 35.0 Å². The third kappa shape index (κ3) is 4.05. The molecule has 10 nitrogen and oxygen atoms in total. The van der Waals surface area contributed by atoms with Crippen LogP contribution in [-0.4, -0.2) is 35.6 Å². The minimum atomic E-state index is -0.400. The molecule has 0 aliphatic rings. The van der Waals surface area contributed by atoms with Crippen LogP contribution in [0.25, 0.3) is 22.3 Å². The highest BCUT2D eigenvalue weighted by Gasteiger charge is 2.19. The molecule has 0 radical (unpaired) electrons. The van der Waals surface area contributed by atoms with Gasteiger partial charge in [-0.25, -0.2) is 15.0 Å². The zero-order valence-electron chi connectivity index (χ0n) is 18.3. The molecule has 4 aromatic heterocycles. The number of fused-ring (bicyclic) bond motifs is 1. The summed E-state index contributed by atoms with van der Waals surface area (Å²) in [5.74, 6) is 0.709. The summed E-state index contributed by atoms with van der Waals surface area (Å²) >= 11 is 0. The van der Waals surface area contributed by atoms with Gasteiger partial charge < -0.3 is 20.0 Å². The van der Waals surface area contributed by atoms with Crippen molar-refractivity contribution < 1.29 is 9.21 Å². The van der Waals surface area contributed by atoms with Gasteiger partial charge in [0.15, 0.2) is 0 Å². The first-order valence-corrected chi connectivity index (χ1v) is 10.4. The van der Waals surface area contributed by atoms with Gasteiger partial charge in [0.1, 0.15) is 23.5 Å². The van der Waals surface area contributed by atoms with Gasteiger partial charge in [-0.1, -0.05) is 6.07 Å². The van der Waals surface area contributed by atoms with Crippen molar-refractivity contribution in [3.05, 3.63) is 72.2 Å². The Kier molecular flexibility index (Phi) is 5.09. The van der Waals surface area contributed by atoms with Gasteiger partial charge in [0, 0.05) is 31.0 Å². The summed E-state index contributed by atoms with van der Waals surface area (Å²) in [6.07, 6.45) is 6.68. The second-order valence-electron chi connectivity index (χ2n) is 7.75. The van der Waals surface area contributed by atoms with E-state index < -0.39 is 5.91 Å². The molecule has 33 heavy (non-hydrogen) atoms. The average molecular weight is 442 g/mol. The second-order valence-corrected chi connectivity index (χ2v) is 7.75. The van der Waals surface area contributed by atoms with Gasteiger partial charge in [-0.15, -0.1) is 0 Å². The number of aromatic amines is 1. The van der Waals surface area contributed by atoms with Gasteiger partial charge in [-0.2, -0.15) is 5.10 Å². The van der Waals surface area contributed by atoms with Crippen molar-refractivity contribution >= 4 is 28.6 Å². The van der Waals surface area contributed by atoms with E-state index in [2.05, 4.69) is 35.7 Å². The molecule has 0 aliphatic heterocycles. The molecule has 0 fully saturated rings. The molecule has 0 saturated heterocycles. The number of nitrogens with one attached hydrogen (secondary N) is 3. The van der Waals surface area contributed by atoms with Crippen LogP contribution in [0.5, 0.6) is 0 Å². The Labute approximate surface area is 189 Å². The van der Waals surface area contributed by atoms with Crippen molar-refractivity contribution in [3.8, 4) is 11.4 Å². The van der Waals surface area contributed by atoms with Crippen LogP contribution in [0.15, 0.2) is 59.6 Å². The van der Waals surface area contributed by atoms with Gasteiger partial charge in [0.2, 0.25) is 5.95 Å². The second kappa shape index (κ2) is 8.23. The summed E-state index contributed by atoms with van der Waals surface area (Å²) in [5, 5.41) is 11.2. The molecule has 4 heterocycles. The fourth-order valence-corrected chi connectivity index (χ4v) is 3.54. The number of anilines is 2. The zero-order chi connectivity index (χ0) is 22.9. The van der Waals surface area contributed by atoms with E-state index in [1.807, 2.05) is 57.4 Å². The summed E-state index contributed by atoms with van der Waals surface area (Å²) in [6.45, 7) is 3.79. The molecule has 1 unspecified atom stereocenters. The lowest BCUT2D eigenvalue weighted by atomic mass is 10.1. The lowest BCUT2D eigenvalue weighted by Crippen LogP contribution is -2.26. The number of aromatic nitrogens is 6. The quantitative estimate of drug-likeness (QED) is 0.364. The minimum Gasteiger partial charge on any atom is -0.440 e. The van der Waals surface area contributed by atoms with E-state index in [9.17, 15) is 4.79 Å². The van der Waals surface area contributed by atoms with E-state index in [1.165, 1.54) is 6.26 Å². The van der Waals surface area contributed by atoms with Crippen LogP contribution in [0.1, 0.15) is 34.8 Å². The van der Waals surface area contributed by atoms with E-state index >= 15 is 0 Å². The van der Waals surface area contributed by atoms with Crippen LogP contribution >= 0.6 is 0 Å². The summed E-state index contributed by atoms with van der Waals surface area (Å²) in [4.78, 5) is 29.1. The van der Waals surface area contributed by atoms with E-state index in [0.717, 1.165) is 27.8 Å². The maximum atomic E-state index is 12.8. The lowest BCUT2D eigenvalue weighted by molar-refractivity contribution is 0.0905. The van der Waals surface area contributed by atoms with Crippen LogP contribution < -0.4 is 10.6 Å². The fraction of sp³-hybridized carbons (Fsp3) is 0.174. The summed E-state index contributed by atoms with van der Waals surface area (Å²) < 4.78 is 7.15. The number of amides is 1. The summed E-state index contributed by atoms with van der Waals surface area (Å²) in [6, 6.07) is 9.60. The molecular formula is C23H22N8O2. The van der Waals surface area contributed by atoms with Crippen molar-refractivity contribution in [2.24, 2.45) is 7.05 Å². The first-order valence-electron chi connectivity index (χ1n) is 10.4. The molecule has 5 rings (SSSR count). The smallest absolute Gasteiger partial charge is 0.307 e. The van der Waals surface area contributed by atoms with Crippen LogP contribution in [0.4, 0.5) is 11.8 Å². The highest BCUT2D eigenvalue weighted by Crippen LogP contribution is 2.23. The number of rotatable bonds is 6. The molecule has 0 saturated carbocycles. The van der Waals surface area contributed by atoms with Gasteiger partial charge in [-0.3, -0.25) is 9.48 Å². The predicted molar refractivity (Wildman–Crippen MR) is 123 cm³/mol. The third-order valence-corrected chi connectivity index (χ3v) is 5.40. The fourth-order valence-electron chi connectivity index (χ4n) is 3.54. The molecule has 0 spiro atoms. The molecule has 1 aromatic carbocycles. The molecule has 5 aromatic rings. The number of aryl methyl sites for hydroxylation is 2. The van der Waals surface area contributed by atoms with Crippen LogP contribution in [0.3, 0.4) is 0 Å². The Hall–Kier alpha value is -4.47. The topological polar surface area (TPSA) is 127 Å². The molecule has 1 amide bonds. The predicted octanol–water partition coefficient (Wildman–Crippen LogP) is 3.89. The standard InChI is InChI=1S/C23H22N8O2/c1-13-11-25-23(29-19-7-9-26-31(19)3)30-20(13)18-12-33-22(28-18)21(32)27-14(2)15-4-5-17-16(10-15)6-8-24-17/h4-12,14,24H,1-3H3,(H,27,32)(H,25,29,30). The molecular weight excluding hydrogens is 420 g/mol. The monoisotopic (exact) mass is 442 g/mol. The van der Waals surface area contributed by atoms with Gasteiger partial charge >= 0.3 is 5.91 Å². The number of benzene rings is 1. The highest BCUT2D eigenvalue weighted by molar-refractivity contribution is 5.90. The normalized spacial score (nSPS) is 12.1. The number of hydrogen-bond acceptors (Lipinski definition) is 7. The largest absolute Gasteiger partial charge is 0.440 e. The molecule has 1 atom stereocenters. The van der Waals surface area contributed by atoms with Gasteiger partial charge in [0.05, 0.1) is 12.2 Å². The van der Waals surface area contributed by atoms with E-state index in [4.69, 9.17) is 4.42 Å². The summed E-state index contributed by atoms with van der Waals surface area (Å²) in [5.41, 5.74) is 3.86. The Balaban J connectivity index is 1.33. The SMILES string of the molecule is Cc1cnc(Nc2ccnn2C)nc1-c1coc(C(=O)NC(C)c2ccc3[nH]ccc3c2)n1. The lowest BCUT2D eigenvalue weighted by Gasteiger charge is -2.13. The maximum Gasteiger partial charge on any atom is 0.307 e. The average Bonchev–Trinajstić information content (AvgIpc) is 3.56. The van der Waals surface area contributed by atoms with Crippen molar-refractivity contribution in [2.75, 3.05) is 5.32 Å². The molecule has 166 valence electrons. The third-order valence-electron chi connectivity index (χ3n) is 5.40. The molecule has 0 aliphatic carbocycles. The summed E-state index contributed by atoms with van der Waals surface area (Å²) in [7, 11) is 1.82. The molecule has 10 heteroatoms. The minimum absolute atomic E-state index is 0.0290. The number of carbonyl (C=O) groups is 1. The first kappa shape index (κ1) is 20.4. The van der Waals surface area contributed by atoms with Crippen LogP contribution in [0, 0.1) is 6.92 Å². The molecule has 0 bridgehead atoms. The zero-order valence-corrected chi connectivity index (χ0v) is 18.3. The molecule has 3 N–H and O–H groups in total. The van der Waals surface area contributed by atoms with Gasteiger partial charge in [0.25, 0.3) is 5.89 Å². The Bertz CT molecular complexity index is 1450. The van der Waals surface area contributed by atoms with Gasteiger partial charge in [-0.05, 0) is 48.6 Å². The maximum absolute atomic E-state index is 12.8. The first-order chi connectivity index (χ1) is 16.0. The van der Waals surface area contributed by atoms with E-state index in [1.54, 1.807) is 17.1 Å². The van der Waals surface area contributed by atoms with Crippen LogP contribution in [-0.2, 0) is 7.05 Å². The Morgan fingerprint density at radius 1 is 1.21 bits per heavy atom. The van der Waals surface area contributed by atoms with Crippen molar-refractivity contribution in [2.45, 2.75) is 19.9 Å². The van der Waals surface area contributed by atoms with E-state index in [0.29, 0.717) is 17.3 Å². The Morgan fingerprint density at radius 3 is 2.91 bits per heavy atom. The van der Waals surface area contributed by atoms with Crippen molar-refractivity contribution in [1.29, 1.82) is 0 Å². The van der Waals surface area contributed by atoms with Crippen LogP contribution in [0.2, 0.25) is 0 Å². The highest BCUT2D eigenvalue weighted by atomic mass is 16.4. The number of H-pyrrole nitrogens is 1. The number of hydrogen-bond donors (Lipinski definition) is 3. The number of oxazole rings is 1. The number of carbonyl (C=O) groups excluding carboxylic acids is 1. The number of nitrogens with zero attached hydrogens (tertiary/aromatic N) is 5. The van der Waals surface area contributed by atoms with E-state index in [-0.39, 0.29) is 11.9 Å². The Morgan fingerprint density at radius 2 is 2.09 bits per heavy atom. The van der Waals surface area contributed by atoms with Crippen molar-refractivity contribution in [3.63, 3.8) is 0 Å².